The van der Waals surface area contributed by atoms with E-state index in [1.54, 1.807) is 24.3 Å². The van der Waals surface area contributed by atoms with Crippen molar-refractivity contribution in [1.82, 2.24) is 4.98 Å². The van der Waals surface area contributed by atoms with Crippen LogP contribution in [-0.2, 0) is 23.8 Å². The number of carbonyl (C=O) groups excluding carboxylic acids is 3. The van der Waals surface area contributed by atoms with Crippen LogP contribution in [-0.4, -0.2) is 42.2 Å². The highest BCUT2D eigenvalue weighted by Crippen LogP contribution is 2.29. The Bertz CT molecular complexity index is 1100. The van der Waals surface area contributed by atoms with Crippen molar-refractivity contribution in [2.75, 3.05) is 13.2 Å². The molecule has 0 atom stereocenters. The molecule has 3 aromatic rings. The zero-order valence-electron chi connectivity index (χ0n) is 16.5. The Kier molecular flexibility index (Phi) is 7.14. The normalized spacial score (nSPS) is 10.9. The number of nitrogens with zero attached hydrogens (tertiary/aromatic N) is 1. The quantitative estimate of drug-likeness (QED) is 0.372. The molecule has 162 valence electrons. The van der Waals surface area contributed by atoms with Crippen molar-refractivity contribution in [2.24, 2.45) is 0 Å². The first-order chi connectivity index (χ1) is 14.7. The molecule has 0 aliphatic rings. The molecule has 0 fully saturated rings. The molecule has 2 aromatic carbocycles. The first-order valence-electron chi connectivity index (χ1n) is 9.06. The lowest BCUT2D eigenvalue weighted by Crippen LogP contribution is -2.30. The van der Waals surface area contributed by atoms with Crippen LogP contribution in [0.3, 0.4) is 0 Å². The molecular weight excluding hydrogens is 449 g/mol. The third kappa shape index (κ3) is 6.19. The lowest BCUT2D eigenvalue weighted by molar-refractivity contribution is -0.150. The van der Waals surface area contributed by atoms with Crippen LogP contribution in [0.1, 0.15) is 24.2 Å². The molecule has 8 nitrogen and oxygen atoms in total. The van der Waals surface area contributed by atoms with Crippen molar-refractivity contribution in [1.29, 1.82) is 0 Å². The molecule has 31 heavy (non-hydrogen) atoms. The Morgan fingerprint density at radius 2 is 1.58 bits per heavy atom. The van der Waals surface area contributed by atoms with Crippen LogP contribution in [0, 0.1) is 0 Å². The van der Waals surface area contributed by atoms with Gasteiger partial charge in [0.1, 0.15) is 18.7 Å². The van der Waals surface area contributed by atoms with E-state index >= 15 is 0 Å². The average Bonchev–Trinajstić information content (AvgIpc) is 3.12. The van der Waals surface area contributed by atoms with E-state index in [1.165, 1.54) is 26.0 Å². The lowest BCUT2D eigenvalue weighted by Gasteiger charge is -2.17. The number of esters is 3. The van der Waals surface area contributed by atoms with Crippen molar-refractivity contribution < 1.29 is 33.0 Å². The minimum atomic E-state index is -0.963. The Hall–Kier alpha value is -3.10. The topological polar surface area (TPSA) is 105 Å². The Morgan fingerprint density at radius 3 is 2.16 bits per heavy atom. The van der Waals surface area contributed by atoms with Gasteiger partial charge in [-0.1, -0.05) is 23.2 Å². The summed E-state index contributed by atoms with van der Waals surface area (Å²) in [5, 5.41) is 0.862. The van der Waals surface area contributed by atoms with E-state index < -0.39 is 24.0 Å². The molecule has 0 aliphatic heterocycles. The molecule has 0 unspecified atom stereocenters. The predicted octanol–water partition coefficient (Wildman–Crippen LogP) is 4.45. The Labute approximate surface area is 187 Å². The molecule has 3 rings (SSSR count). The number of aromatic nitrogens is 1. The second-order valence-electron chi connectivity index (χ2n) is 6.49. The molecule has 0 bridgehead atoms. The molecular formula is C21H17Cl2NO7. The lowest BCUT2D eigenvalue weighted by atomic mass is 10.2. The van der Waals surface area contributed by atoms with Crippen LogP contribution in [0.15, 0.2) is 40.8 Å². The van der Waals surface area contributed by atoms with Gasteiger partial charge in [-0.2, -0.15) is 0 Å². The van der Waals surface area contributed by atoms with Crippen LogP contribution in [0.25, 0.3) is 22.6 Å². The van der Waals surface area contributed by atoms with Gasteiger partial charge in [-0.25, -0.2) is 9.78 Å². The van der Waals surface area contributed by atoms with E-state index in [4.69, 9.17) is 41.8 Å². The van der Waals surface area contributed by atoms with E-state index in [2.05, 4.69) is 4.98 Å². The number of hydrogen-bond donors (Lipinski definition) is 0. The SMILES string of the molecule is CC(=O)OCC(COC(C)=O)OC(=O)c1ccc2nc(-c3cc(Cl)cc(Cl)c3)oc2c1. The third-order valence-corrected chi connectivity index (χ3v) is 4.39. The number of ether oxygens (including phenoxy) is 3. The summed E-state index contributed by atoms with van der Waals surface area (Å²) in [7, 11) is 0. The number of rotatable bonds is 7. The zero-order valence-corrected chi connectivity index (χ0v) is 18.0. The molecule has 0 aliphatic carbocycles. The minimum Gasteiger partial charge on any atom is -0.462 e. The van der Waals surface area contributed by atoms with E-state index in [0.717, 1.165) is 0 Å². The molecule has 0 amide bonds. The fraction of sp³-hybridized carbons (Fsp3) is 0.238. The Morgan fingerprint density at radius 1 is 0.968 bits per heavy atom. The maximum Gasteiger partial charge on any atom is 0.338 e. The van der Waals surface area contributed by atoms with Gasteiger partial charge in [-0.15, -0.1) is 0 Å². The van der Waals surface area contributed by atoms with Gasteiger partial charge in [0.05, 0.1) is 5.56 Å². The fourth-order valence-electron chi connectivity index (χ4n) is 2.61. The number of fused-ring (bicyclic) bond motifs is 1. The van der Waals surface area contributed by atoms with E-state index in [1.807, 2.05) is 0 Å². The maximum atomic E-state index is 12.6. The highest BCUT2D eigenvalue weighted by atomic mass is 35.5. The van der Waals surface area contributed by atoms with Crippen LogP contribution < -0.4 is 0 Å². The molecule has 1 aromatic heterocycles. The summed E-state index contributed by atoms with van der Waals surface area (Å²) in [5.74, 6) is -1.54. The largest absolute Gasteiger partial charge is 0.462 e. The summed E-state index contributed by atoms with van der Waals surface area (Å²) in [4.78, 5) is 39.0. The summed E-state index contributed by atoms with van der Waals surface area (Å²) in [6, 6.07) is 9.47. The highest BCUT2D eigenvalue weighted by Gasteiger charge is 2.20. The monoisotopic (exact) mass is 465 g/mol. The third-order valence-electron chi connectivity index (χ3n) is 3.95. The summed E-state index contributed by atoms with van der Waals surface area (Å²) < 4.78 is 20.8. The number of hydrogen-bond acceptors (Lipinski definition) is 8. The first kappa shape index (κ1) is 22.6. The summed E-state index contributed by atoms with van der Waals surface area (Å²) in [5.41, 5.74) is 1.62. The Balaban J connectivity index is 1.79. The van der Waals surface area contributed by atoms with Gasteiger partial charge in [0.15, 0.2) is 11.7 Å². The van der Waals surface area contributed by atoms with Gasteiger partial charge in [0.25, 0.3) is 0 Å². The standard InChI is InChI=1S/C21H17Cl2NO7/c1-11(25)28-9-17(10-29-12(2)26)30-21(27)13-3-4-18-19(7-13)31-20(24-18)14-5-15(22)8-16(23)6-14/h3-8,17H,9-10H2,1-2H3. The zero-order chi connectivity index (χ0) is 22.5. The predicted molar refractivity (Wildman–Crippen MR) is 112 cm³/mol. The fourth-order valence-corrected chi connectivity index (χ4v) is 3.13. The molecule has 1 heterocycles. The summed E-state index contributed by atoms with van der Waals surface area (Å²) in [6.07, 6.45) is -0.963. The highest BCUT2D eigenvalue weighted by molar-refractivity contribution is 6.35. The maximum absolute atomic E-state index is 12.6. The molecule has 10 heteroatoms. The van der Waals surface area contributed by atoms with Gasteiger partial charge in [0, 0.05) is 29.5 Å². The van der Waals surface area contributed by atoms with Crippen molar-refractivity contribution in [3.63, 3.8) is 0 Å². The molecule has 0 spiro atoms. The van der Waals surface area contributed by atoms with Gasteiger partial charge in [-0.3, -0.25) is 9.59 Å². The molecule has 0 saturated heterocycles. The molecule has 0 N–H and O–H groups in total. The average molecular weight is 466 g/mol. The number of halogens is 2. The van der Waals surface area contributed by atoms with Crippen molar-refractivity contribution >= 4 is 52.2 Å². The van der Waals surface area contributed by atoms with E-state index in [9.17, 15) is 14.4 Å². The van der Waals surface area contributed by atoms with Gasteiger partial charge in [0.2, 0.25) is 5.89 Å². The van der Waals surface area contributed by atoms with Crippen molar-refractivity contribution in [3.8, 4) is 11.5 Å². The van der Waals surface area contributed by atoms with Gasteiger partial charge in [-0.05, 0) is 36.4 Å². The van der Waals surface area contributed by atoms with Crippen molar-refractivity contribution in [2.45, 2.75) is 20.0 Å². The number of benzene rings is 2. The smallest absolute Gasteiger partial charge is 0.338 e. The summed E-state index contributed by atoms with van der Waals surface area (Å²) in [6.45, 7) is 1.93. The van der Waals surface area contributed by atoms with Gasteiger partial charge >= 0.3 is 17.9 Å². The number of oxazole rings is 1. The van der Waals surface area contributed by atoms with Crippen LogP contribution in [0.2, 0.25) is 10.0 Å². The van der Waals surface area contributed by atoms with E-state index in [-0.39, 0.29) is 24.7 Å². The van der Waals surface area contributed by atoms with Gasteiger partial charge < -0.3 is 18.6 Å². The van der Waals surface area contributed by atoms with E-state index in [0.29, 0.717) is 26.7 Å². The number of carbonyl (C=O) groups is 3. The first-order valence-corrected chi connectivity index (χ1v) is 9.81. The van der Waals surface area contributed by atoms with Crippen LogP contribution in [0.4, 0.5) is 0 Å². The van der Waals surface area contributed by atoms with Crippen molar-refractivity contribution in [3.05, 3.63) is 52.0 Å². The minimum absolute atomic E-state index is 0.176. The molecule has 0 saturated carbocycles. The van der Waals surface area contributed by atoms with Crippen LogP contribution >= 0.6 is 23.2 Å². The molecule has 0 radical (unpaired) electrons. The second kappa shape index (κ2) is 9.80. The summed E-state index contributed by atoms with van der Waals surface area (Å²) >= 11 is 12.1. The second-order valence-corrected chi connectivity index (χ2v) is 7.37. The van der Waals surface area contributed by atoms with Crippen LogP contribution in [0.5, 0.6) is 0 Å².